The molecule has 2 N–H and O–H groups in total. The molecule has 0 fully saturated rings. The molecule has 1 atom stereocenters. The summed E-state index contributed by atoms with van der Waals surface area (Å²) >= 11 is 0. The van der Waals surface area contributed by atoms with Crippen molar-refractivity contribution in [2.24, 2.45) is 5.73 Å². The molecule has 1 aromatic rings. The maximum Gasteiger partial charge on any atom is 0.251 e. The van der Waals surface area contributed by atoms with Gasteiger partial charge in [0.15, 0.2) is 11.9 Å². The third-order valence-electron chi connectivity index (χ3n) is 1.06. The van der Waals surface area contributed by atoms with Gasteiger partial charge in [0.05, 0.1) is 0 Å². The lowest BCUT2D eigenvalue weighted by Crippen LogP contribution is -1.87. The molecule has 1 rings (SSSR count). The van der Waals surface area contributed by atoms with Gasteiger partial charge in [0, 0.05) is 16.5 Å². The van der Waals surface area contributed by atoms with Crippen LogP contribution in [-0.2, 0) is 5.88 Å². The molecule has 0 aliphatic rings. The van der Waals surface area contributed by atoms with Gasteiger partial charge < -0.3 is 0 Å². The zero-order valence-electron chi connectivity index (χ0n) is 4.87. The van der Waals surface area contributed by atoms with Gasteiger partial charge in [-0.25, -0.2) is 0 Å². The first-order chi connectivity index (χ1) is 4.38. The van der Waals surface area contributed by atoms with E-state index >= 15 is 0 Å². The number of thiophene rings is 1. The number of nitrogens with two attached hydrogens (primary N) is 1. The molecule has 1 unspecified atom stereocenters. The van der Waals surface area contributed by atoms with Crippen LogP contribution in [0.15, 0.2) is 17.5 Å². The van der Waals surface area contributed by atoms with E-state index in [1.807, 2.05) is 17.5 Å². The van der Waals surface area contributed by atoms with E-state index in [2.05, 4.69) is 6.07 Å². The average molecular weight is 139 g/mol. The quantitative estimate of drug-likeness (QED) is 0.595. The van der Waals surface area contributed by atoms with Crippen LogP contribution in [0.3, 0.4) is 0 Å². The molecule has 2 nitrogen and oxygen atoms in total. The van der Waals surface area contributed by atoms with E-state index in [4.69, 9.17) is 11.0 Å². The van der Waals surface area contributed by atoms with Crippen LogP contribution in [0.4, 0.5) is 0 Å². The van der Waals surface area contributed by atoms with Gasteiger partial charge >= 0.3 is 0 Å². The standard InChI is InChI=1S/C6H7N2S/c7-4-6-2-1-3-9(6)5-8/h1-3H,5,8H2/q+1. The Kier molecular flexibility index (Phi) is 1.83. The first-order valence-electron chi connectivity index (χ1n) is 2.57. The van der Waals surface area contributed by atoms with Gasteiger partial charge in [0.25, 0.3) is 4.88 Å². The zero-order valence-corrected chi connectivity index (χ0v) is 5.69. The van der Waals surface area contributed by atoms with Gasteiger partial charge in [-0.15, -0.1) is 0 Å². The second kappa shape index (κ2) is 2.62. The molecule has 0 amide bonds. The second-order valence-electron chi connectivity index (χ2n) is 1.57. The Morgan fingerprint density at radius 1 is 1.78 bits per heavy atom. The molecule has 9 heavy (non-hydrogen) atoms. The van der Waals surface area contributed by atoms with Crippen molar-refractivity contribution in [3.8, 4) is 6.07 Å². The summed E-state index contributed by atoms with van der Waals surface area (Å²) in [6.07, 6.45) is 0. The Labute approximate surface area is 56.5 Å². The maximum atomic E-state index is 8.46. The van der Waals surface area contributed by atoms with Crippen LogP contribution in [-0.4, -0.2) is 0 Å². The first-order valence-corrected chi connectivity index (χ1v) is 4.02. The van der Waals surface area contributed by atoms with Crippen molar-refractivity contribution in [1.29, 1.82) is 5.26 Å². The Balaban J connectivity index is 3.02. The Morgan fingerprint density at radius 3 is 3.00 bits per heavy atom. The van der Waals surface area contributed by atoms with Crippen molar-refractivity contribution in [3.05, 3.63) is 22.4 Å². The van der Waals surface area contributed by atoms with E-state index in [-0.39, 0.29) is 10.5 Å². The highest BCUT2D eigenvalue weighted by Crippen LogP contribution is 2.21. The van der Waals surface area contributed by atoms with E-state index in [1.165, 1.54) is 0 Å². The first kappa shape index (κ1) is 6.27. The zero-order chi connectivity index (χ0) is 6.69. The van der Waals surface area contributed by atoms with Crippen LogP contribution in [0.5, 0.6) is 0 Å². The highest BCUT2D eigenvalue weighted by Gasteiger charge is 2.07. The fourth-order valence-electron chi connectivity index (χ4n) is 0.623. The van der Waals surface area contributed by atoms with Crippen LogP contribution < -0.4 is 5.73 Å². The van der Waals surface area contributed by atoms with Crippen LogP contribution in [0, 0.1) is 11.3 Å². The SMILES string of the molecule is N#Cc1ccc[s+]1CN. The number of hydrogen-bond donors (Lipinski definition) is 1. The minimum absolute atomic E-state index is 0.0748. The molecule has 0 aliphatic carbocycles. The van der Waals surface area contributed by atoms with E-state index in [0.29, 0.717) is 5.88 Å². The maximum absolute atomic E-state index is 8.46. The molecule has 0 saturated carbocycles. The largest absolute Gasteiger partial charge is 0.285 e. The third kappa shape index (κ3) is 1.10. The number of hydrogen-bond acceptors (Lipinski definition) is 2. The summed E-state index contributed by atoms with van der Waals surface area (Å²) in [7, 11) is -0.0748. The third-order valence-corrected chi connectivity index (χ3v) is 2.70. The molecule has 0 aromatic carbocycles. The predicted molar refractivity (Wildman–Crippen MR) is 37.8 cm³/mol. The predicted octanol–water partition coefficient (Wildman–Crippen LogP) is 1.22. The minimum atomic E-state index is -0.0748. The van der Waals surface area contributed by atoms with Gasteiger partial charge in [-0.3, -0.25) is 5.73 Å². The van der Waals surface area contributed by atoms with Crippen molar-refractivity contribution in [2.75, 3.05) is 0 Å². The number of nitrogens with zero attached hydrogens (tertiary/aromatic N) is 1. The molecule has 0 aliphatic heterocycles. The number of nitriles is 1. The summed E-state index contributed by atoms with van der Waals surface area (Å²) < 4.78 is 0. The van der Waals surface area contributed by atoms with Gasteiger partial charge in [-0.05, 0) is 6.07 Å². The summed E-state index contributed by atoms with van der Waals surface area (Å²) in [4.78, 5) is 0.803. The van der Waals surface area contributed by atoms with E-state index < -0.39 is 0 Å². The Hall–Kier alpha value is -0.850. The van der Waals surface area contributed by atoms with Crippen molar-refractivity contribution < 1.29 is 0 Å². The van der Waals surface area contributed by atoms with E-state index in [9.17, 15) is 0 Å². The van der Waals surface area contributed by atoms with Crippen LogP contribution in [0.1, 0.15) is 4.88 Å². The molecule has 1 heterocycles. The van der Waals surface area contributed by atoms with Crippen molar-refractivity contribution >= 4 is 10.5 Å². The van der Waals surface area contributed by atoms with Crippen molar-refractivity contribution in [1.82, 2.24) is 0 Å². The Morgan fingerprint density at radius 2 is 2.56 bits per heavy atom. The fourth-order valence-corrected chi connectivity index (χ4v) is 1.70. The smallest absolute Gasteiger partial charge is 0.251 e. The summed E-state index contributed by atoms with van der Waals surface area (Å²) in [5, 5.41) is 10.4. The highest BCUT2D eigenvalue weighted by molar-refractivity contribution is 7.29. The van der Waals surface area contributed by atoms with Gasteiger partial charge in [0.1, 0.15) is 5.38 Å². The summed E-state index contributed by atoms with van der Waals surface area (Å²) in [6.45, 7) is 0. The molecule has 0 saturated heterocycles. The van der Waals surface area contributed by atoms with Gasteiger partial charge in [-0.2, -0.15) is 5.26 Å². The molecule has 0 bridgehead atoms. The highest BCUT2D eigenvalue weighted by atomic mass is 32.2. The fraction of sp³-hybridized carbons (Fsp3) is 0.167. The molecular weight excluding hydrogens is 132 g/mol. The topological polar surface area (TPSA) is 49.8 Å². The summed E-state index contributed by atoms with van der Waals surface area (Å²) in [6, 6.07) is 5.79. The van der Waals surface area contributed by atoms with Crippen molar-refractivity contribution in [2.45, 2.75) is 5.88 Å². The molecule has 3 heteroatoms. The van der Waals surface area contributed by atoms with Crippen molar-refractivity contribution in [3.63, 3.8) is 0 Å². The molecule has 0 spiro atoms. The lowest BCUT2D eigenvalue weighted by Gasteiger charge is -1.76. The normalized spacial score (nSPS) is 10.9. The lowest BCUT2D eigenvalue weighted by atomic mass is 10.5. The van der Waals surface area contributed by atoms with Gasteiger partial charge in [-0.1, -0.05) is 0 Å². The van der Waals surface area contributed by atoms with Crippen LogP contribution >= 0.6 is 10.5 Å². The summed E-state index contributed by atoms with van der Waals surface area (Å²) in [5.74, 6) is 0.565. The Bertz CT molecular complexity index is 233. The number of rotatable bonds is 1. The molecular formula is C6H7N2S+. The molecule has 1 aromatic heterocycles. The van der Waals surface area contributed by atoms with Crippen LogP contribution in [0.2, 0.25) is 0 Å². The lowest BCUT2D eigenvalue weighted by molar-refractivity contribution is 1.27. The second-order valence-corrected chi connectivity index (χ2v) is 3.47. The monoisotopic (exact) mass is 139 g/mol. The minimum Gasteiger partial charge on any atom is -0.285 e. The molecule has 0 radical (unpaired) electrons. The van der Waals surface area contributed by atoms with Gasteiger partial charge in [0.2, 0.25) is 0 Å². The van der Waals surface area contributed by atoms with E-state index in [1.54, 1.807) is 0 Å². The molecule has 46 valence electrons. The summed E-state index contributed by atoms with van der Waals surface area (Å²) in [5.41, 5.74) is 5.37. The average Bonchev–Trinajstić information content (AvgIpc) is 2.33. The van der Waals surface area contributed by atoms with Crippen LogP contribution in [0.25, 0.3) is 0 Å². The van der Waals surface area contributed by atoms with E-state index in [0.717, 1.165) is 4.88 Å².